The van der Waals surface area contributed by atoms with Crippen molar-refractivity contribution in [3.8, 4) is 16.8 Å². The molecule has 2 heteroatoms. The number of hydrogen-bond acceptors (Lipinski definition) is 1. The molecule has 5 aromatic carbocycles. The lowest BCUT2D eigenvalue weighted by atomic mass is 9.81. The molecule has 0 amide bonds. The summed E-state index contributed by atoms with van der Waals surface area (Å²) >= 11 is 0. The topological polar surface area (TPSA) is 17.3 Å². The second-order valence-electron chi connectivity index (χ2n) is 10.5. The van der Waals surface area contributed by atoms with Crippen molar-refractivity contribution in [2.45, 2.75) is 25.7 Å². The van der Waals surface area contributed by atoms with Gasteiger partial charge >= 0.3 is 0 Å². The van der Waals surface area contributed by atoms with Crippen LogP contribution in [0.3, 0.4) is 0 Å². The maximum Gasteiger partial charge on any atom is 0.0663 e. The van der Waals surface area contributed by atoms with Gasteiger partial charge in [0.25, 0.3) is 0 Å². The van der Waals surface area contributed by atoms with E-state index in [4.69, 9.17) is 0 Å². The summed E-state index contributed by atoms with van der Waals surface area (Å²) in [6.07, 6.45) is 2.92. The predicted molar refractivity (Wildman–Crippen MR) is 148 cm³/mol. The molecule has 2 heterocycles. The number of hydrogen-bond donors (Lipinski definition) is 0. The molecular formula is C33H24N2. The fraction of sp³-hybridized carbons (Fsp3) is 0.121. The lowest BCUT2D eigenvalue weighted by Crippen LogP contribution is -2.15. The molecule has 1 aliphatic heterocycles. The van der Waals surface area contributed by atoms with Crippen molar-refractivity contribution in [2.24, 2.45) is 4.99 Å². The molecule has 0 saturated heterocycles. The predicted octanol–water partition coefficient (Wildman–Crippen LogP) is 8.50. The number of para-hydroxylation sites is 1. The summed E-state index contributed by atoms with van der Waals surface area (Å²) in [7, 11) is 0. The fourth-order valence-electron chi connectivity index (χ4n) is 6.40. The summed E-state index contributed by atoms with van der Waals surface area (Å²) in [5.41, 5.74) is 11.6. The molecule has 0 atom stereocenters. The molecule has 0 spiro atoms. The Morgan fingerprint density at radius 1 is 0.686 bits per heavy atom. The van der Waals surface area contributed by atoms with Crippen LogP contribution in [0.25, 0.3) is 49.4 Å². The molecular weight excluding hydrogens is 424 g/mol. The Kier molecular flexibility index (Phi) is 3.55. The van der Waals surface area contributed by atoms with E-state index >= 15 is 0 Å². The van der Waals surface area contributed by atoms with Crippen molar-refractivity contribution in [1.29, 1.82) is 0 Å². The standard InChI is InChI=1S/C33H24N2/c1-33(2)28-17-21-8-4-3-7-20(21)16-25(28)26-18-27-24-9-5-6-10-31(24)35(32(27)19-29(26)33)23-11-12-30-22(15-23)13-14-34-30/h3-12,14-19H,13H2,1-2H3. The van der Waals surface area contributed by atoms with Crippen LogP contribution in [0.2, 0.25) is 0 Å². The molecule has 0 unspecified atom stereocenters. The molecule has 0 saturated carbocycles. The first-order valence-corrected chi connectivity index (χ1v) is 12.4. The Morgan fingerprint density at radius 3 is 2.31 bits per heavy atom. The highest BCUT2D eigenvalue weighted by Gasteiger charge is 2.36. The highest BCUT2D eigenvalue weighted by Crippen LogP contribution is 2.52. The van der Waals surface area contributed by atoms with E-state index < -0.39 is 0 Å². The monoisotopic (exact) mass is 448 g/mol. The normalized spacial score (nSPS) is 15.1. The van der Waals surface area contributed by atoms with Gasteiger partial charge in [-0.05, 0) is 87.1 Å². The van der Waals surface area contributed by atoms with Crippen molar-refractivity contribution in [1.82, 2.24) is 4.57 Å². The molecule has 8 rings (SSSR count). The zero-order chi connectivity index (χ0) is 23.3. The quantitative estimate of drug-likeness (QED) is 0.240. The van der Waals surface area contributed by atoms with Crippen LogP contribution >= 0.6 is 0 Å². The Labute approximate surface area is 204 Å². The number of rotatable bonds is 1. The number of aliphatic imine (C=N–C) groups is 1. The van der Waals surface area contributed by atoms with Crippen LogP contribution in [-0.4, -0.2) is 10.8 Å². The molecule has 6 aromatic rings. The van der Waals surface area contributed by atoms with Crippen LogP contribution in [0.4, 0.5) is 5.69 Å². The Morgan fingerprint density at radius 2 is 1.43 bits per heavy atom. The molecule has 2 aliphatic rings. The van der Waals surface area contributed by atoms with Gasteiger partial charge in [0.2, 0.25) is 0 Å². The van der Waals surface area contributed by atoms with Gasteiger partial charge in [0.15, 0.2) is 0 Å². The van der Waals surface area contributed by atoms with Gasteiger partial charge < -0.3 is 4.57 Å². The van der Waals surface area contributed by atoms with E-state index in [1.165, 1.54) is 66.1 Å². The average molecular weight is 449 g/mol. The lowest BCUT2D eigenvalue weighted by molar-refractivity contribution is 0.662. The third-order valence-electron chi connectivity index (χ3n) is 8.20. The van der Waals surface area contributed by atoms with Crippen molar-refractivity contribution in [3.05, 3.63) is 108 Å². The summed E-state index contributed by atoms with van der Waals surface area (Å²) in [6, 6.07) is 33.9. The van der Waals surface area contributed by atoms with E-state index in [0.717, 1.165) is 12.1 Å². The number of aromatic nitrogens is 1. The van der Waals surface area contributed by atoms with Crippen LogP contribution < -0.4 is 0 Å². The van der Waals surface area contributed by atoms with Gasteiger partial charge in [0.05, 0.1) is 16.7 Å². The van der Waals surface area contributed by atoms with Gasteiger partial charge in [-0.2, -0.15) is 0 Å². The van der Waals surface area contributed by atoms with Gasteiger partial charge in [-0.15, -0.1) is 0 Å². The Bertz CT molecular complexity index is 1900. The SMILES string of the molecule is CC1(C)c2cc3ccccc3cc2-c2cc3c4ccccc4n(-c4ccc5c(c4)CC=N5)c3cc21. The lowest BCUT2D eigenvalue weighted by Gasteiger charge is -2.22. The number of benzene rings is 5. The van der Waals surface area contributed by atoms with Crippen LogP contribution in [0.5, 0.6) is 0 Å². The van der Waals surface area contributed by atoms with E-state index in [1.54, 1.807) is 0 Å². The average Bonchev–Trinajstić information content (AvgIpc) is 3.53. The summed E-state index contributed by atoms with van der Waals surface area (Å²) in [5.74, 6) is 0. The second-order valence-corrected chi connectivity index (χ2v) is 10.5. The van der Waals surface area contributed by atoms with Crippen molar-refractivity contribution < 1.29 is 0 Å². The number of fused-ring (bicyclic) bond motifs is 8. The van der Waals surface area contributed by atoms with E-state index in [1.807, 2.05) is 6.21 Å². The molecule has 2 nitrogen and oxygen atoms in total. The van der Waals surface area contributed by atoms with Crippen molar-refractivity contribution >= 4 is 44.5 Å². The molecule has 1 aromatic heterocycles. The van der Waals surface area contributed by atoms with Crippen LogP contribution in [0.15, 0.2) is 96.0 Å². The van der Waals surface area contributed by atoms with Gasteiger partial charge in [0, 0.05) is 34.5 Å². The zero-order valence-electron chi connectivity index (χ0n) is 19.8. The van der Waals surface area contributed by atoms with E-state index in [0.29, 0.717) is 0 Å². The highest BCUT2D eigenvalue weighted by atomic mass is 15.0. The van der Waals surface area contributed by atoms with E-state index in [2.05, 4.69) is 114 Å². The molecule has 166 valence electrons. The highest BCUT2D eigenvalue weighted by molar-refractivity contribution is 6.12. The maximum atomic E-state index is 4.52. The van der Waals surface area contributed by atoms with Gasteiger partial charge in [-0.1, -0.05) is 56.3 Å². The molecule has 0 fully saturated rings. The second kappa shape index (κ2) is 6.49. The number of nitrogens with zero attached hydrogens (tertiary/aromatic N) is 2. The summed E-state index contributed by atoms with van der Waals surface area (Å²) in [5, 5.41) is 5.23. The molecule has 0 N–H and O–H groups in total. The Hall–Kier alpha value is -4.17. The first-order valence-electron chi connectivity index (χ1n) is 12.4. The molecule has 1 aliphatic carbocycles. The fourth-order valence-corrected chi connectivity index (χ4v) is 6.40. The summed E-state index contributed by atoms with van der Waals surface area (Å²) in [6.45, 7) is 4.75. The van der Waals surface area contributed by atoms with Gasteiger partial charge in [-0.3, -0.25) is 4.99 Å². The summed E-state index contributed by atoms with van der Waals surface area (Å²) < 4.78 is 2.44. The van der Waals surface area contributed by atoms with E-state index in [9.17, 15) is 0 Å². The molecule has 35 heavy (non-hydrogen) atoms. The first kappa shape index (κ1) is 19.2. The minimum atomic E-state index is -0.0596. The third kappa shape index (κ3) is 2.46. The minimum Gasteiger partial charge on any atom is -0.309 e. The van der Waals surface area contributed by atoms with E-state index in [-0.39, 0.29) is 5.41 Å². The van der Waals surface area contributed by atoms with Gasteiger partial charge in [-0.25, -0.2) is 0 Å². The minimum absolute atomic E-state index is 0.0596. The largest absolute Gasteiger partial charge is 0.309 e. The van der Waals surface area contributed by atoms with Crippen LogP contribution in [0.1, 0.15) is 30.5 Å². The van der Waals surface area contributed by atoms with Gasteiger partial charge in [0.1, 0.15) is 0 Å². The molecule has 0 bridgehead atoms. The van der Waals surface area contributed by atoms with Crippen molar-refractivity contribution in [2.75, 3.05) is 0 Å². The van der Waals surface area contributed by atoms with Crippen LogP contribution in [-0.2, 0) is 11.8 Å². The van der Waals surface area contributed by atoms with Crippen molar-refractivity contribution in [3.63, 3.8) is 0 Å². The summed E-state index contributed by atoms with van der Waals surface area (Å²) in [4.78, 5) is 4.52. The third-order valence-corrected chi connectivity index (χ3v) is 8.20. The van der Waals surface area contributed by atoms with Crippen LogP contribution in [0, 0.1) is 0 Å². The smallest absolute Gasteiger partial charge is 0.0663 e. The molecule has 0 radical (unpaired) electrons. The first-order chi connectivity index (χ1) is 17.1. The zero-order valence-corrected chi connectivity index (χ0v) is 19.8. The Balaban J connectivity index is 1.47. The maximum absolute atomic E-state index is 4.52.